The predicted octanol–water partition coefficient (Wildman–Crippen LogP) is 4.42. The summed E-state index contributed by atoms with van der Waals surface area (Å²) in [6, 6.07) is 11.7. The van der Waals surface area contributed by atoms with Crippen molar-refractivity contribution in [1.82, 2.24) is 4.98 Å². The zero-order valence-electron chi connectivity index (χ0n) is 16.8. The number of carbonyl (C=O) groups excluding carboxylic acids is 1. The molecule has 31 heavy (non-hydrogen) atoms. The van der Waals surface area contributed by atoms with Gasteiger partial charge >= 0.3 is 5.97 Å². The Morgan fingerprint density at radius 2 is 1.65 bits per heavy atom. The Morgan fingerprint density at radius 3 is 2.45 bits per heavy atom. The summed E-state index contributed by atoms with van der Waals surface area (Å²) in [6.07, 6.45) is 3.02. The van der Waals surface area contributed by atoms with Crippen LogP contribution in [0.25, 0.3) is 21.9 Å². The van der Waals surface area contributed by atoms with Gasteiger partial charge in [0.2, 0.25) is 6.79 Å². The molecule has 7 nitrogen and oxygen atoms in total. The molecular formula is C24H17NO6. The van der Waals surface area contributed by atoms with Gasteiger partial charge in [0.25, 0.3) is 0 Å². The fraction of sp³-hybridized carbons (Fsp3) is 0.125. The molecule has 3 heterocycles. The van der Waals surface area contributed by atoms with Crippen molar-refractivity contribution in [2.75, 3.05) is 6.79 Å². The van der Waals surface area contributed by atoms with Crippen LogP contribution >= 0.6 is 0 Å². The third-order valence-electron chi connectivity index (χ3n) is 5.15. The fourth-order valence-corrected chi connectivity index (χ4v) is 3.72. The molecule has 2 aromatic heterocycles. The van der Waals surface area contributed by atoms with Gasteiger partial charge in [-0.3, -0.25) is 9.78 Å². The molecule has 2 aromatic carbocycles. The number of benzene rings is 1. The van der Waals surface area contributed by atoms with Gasteiger partial charge in [-0.25, -0.2) is 4.79 Å². The van der Waals surface area contributed by atoms with Crippen LogP contribution in [0.1, 0.15) is 21.9 Å². The number of aryl methyl sites for hydroxylation is 2. The third kappa shape index (κ3) is 3.30. The van der Waals surface area contributed by atoms with Crippen LogP contribution in [0.15, 0.2) is 64.1 Å². The average Bonchev–Trinajstić information content (AvgIpc) is 3.31. The SMILES string of the molecule is Cc1oc(C)c2c(=O)cc(-c3ccc4c(c3)OCO4)cc(OC(=O)c3ccncc3)c12. The van der Waals surface area contributed by atoms with Gasteiger partial charge in [0, 0.05) is 12.4 Å². The number of fused-ring (bicyclic) bond motifs is 2. The van der Waals surface area contributed by atoms with Gasteiger partial charge in [0.1, 0.15) is 17.3 Å². The molecule has 0 amide bonds. The first kappa shape index (κ1) is 18.9. The summed E-state index contributed by atoms with van der Waals surface area (Å²) in [4.78, 5) is 29.8. The maximum Gasteiger partial charge on any atom is 0.343 e. The molecule has 0 spiro atoms. The Bertz CT molecular complexity index is 1390. The van der Waals surface area contributed by atoms with E-state index in [4.69, 9.17) is 18.6 Å². The second-order valence-electron chi connectivity index (χ2n) is 7.13. The Balaban J connectivity index is 1.72. The minimum atomic E-state index is -0.558. The number of esters is 1. The fourth-order valence-electron chi connectivity index (χ4n) is 3.72. The summed E-state index contributed by atoms with van der Waals surface area (Å²) in [5.74, 6) is 1.87. The highest BCUT2D eigenvalue weighted by atomic mass is 16.7. The first-order valence-corrected chi connectivity index (χ1v) is 9.61. The number of aromatic nitrogens is 1. The van der Waals surface area contributed by atoms with Crippen LogP contribution in [-0.2, 0) is 0 Å². The lowest BCUT2D eigenvalue weighted by molar-refractivity contribution is 0.0737. The summed E-state index contributed by atoms with van der Waals surface area (Å²) >= 11 is 0. The van der Waals surface area contributed by atoms with E-state index < -0.39 is 5.97 Å². The molecule has 0 saturated carbocycles. The number of furan rings is 1. The van der Waals surface area contributed by atoms with Crippen molar-refractivity contribution in [3.8, 4) is 28.4 Å². The van der Waals surface area contributed by atoms with Crippen LogP contribution in [0.3, 0.4) is 0 Å². The Hall–Kier alpha value is -4.13. The Labute approximate surface area is 176 Å². The first-order valence-electron chi connectivity index (χ1n) is 9.61. The predicted molar refractivity (Wildman–Crippen MR) is 113 cm³/mol. The van der Waals surface area contributed by atoms with Crippen molar-refractivity contribution >= 4 is 16.7 Å². The van der Waals surface area contributed by atoms with Crippen molar-refractivity contribution in [3.05, 3.63) is 82.2 Å². The molecule has 1 aliphatic rings. The molecule has 4 aromatic rings. The van der Waals surface area contributed by atoms with E-state index in [9.17, 15) is 9.59 Å². The van der Waals surface area contributed by atoms with Crippen molar-refractivity contribution in [1.29, 1.82) is 0 Å². The van der Waals surface area contributed by atoms with Crippen LogP contribution < -0.4 is 19.6 Å². The molecule has 0 saturated heterocycles. The number of hydrogen-bond acceptors (Lipinski definition) is 7. The molecule has 0 unspecified atom stereocenters. The molecule has 0 aliphatic carbocycles. The molecule has 154 valence electrons. The largest absolute Gasteiger partial charge is 0.465 e. The van der Waals surface area contributed by atoms with Gasteiger partial charge in [-0.15, -0.1) is 0 Å². The van der Waals surface area contributed by atoms with E-state index in [0.717, 1.165) is 5.56 Å². The lowest BCUT2D eigenvalue weighted by Gasteiger charge is -2.06. The topological polar surface area (TPSA) is 87.9 Å². The summed E-state index contributed by atoms with van der Waals surface area (Å²) in [5, 5.41) is 0.846. The maximum atomic E-state index is 13.1. The van der Waals surface area contributed by atoms with Gasteiger partial charge in [-0.2, -0.15) is 0 Å². The lowest BCUT2D eigenvalue weighted by atomic mass is 10.1. The second-order valence-corrected chi connectivity index (χ2v) is 7.13. The van der Waals surface area contributed by atoms with Crippen LogP contribution in [0.2, 0.25) is 0 Å². The van der Waals surface area contributed by atoms with E-state index in [2.05, 4.69) is 4.98 Å². The minimum Gasteiger partial charge on any atom is -0.465 e. The second kappa shape index (κ2) is 7.28. The molecule has 0 fully saturated rings. The van der Waals surface area contributed by atoms with Gasteiger partial charge in [0.05, 0.1) is 16.3 Å². The van der Waals surface area contributed by atoms with Gasteiger partial charge < -0.3 is 18.6 Å². The molecule has 0 N–H and O–H groups in total. The monoisotopic (exact) mass is 415 g/mol. The van der Waals surface area contributed by atoms with Gasteiger partial charge in [0.15, 0.2) is 16.9 Å². The highest BCUT2D eigenvalue weighted by molar-refractivity contribution is 5.97. The molecule has 0 atom stereocenters. The van der Waals surface area contributed by atoms with Crippen LogP contribution in [0.5, 0.6) is 17.2 Å². The van der Waals surface area contributed by atoms with Crippen LogP contribution in [-0.4, -0.2) is 17.7 Å². The number of pyridine rings is 1. The smallest absolute Gasteiger partial charge is 0.343 e. The zero-order valence-corrected chi connectivity index (χ0v) is 16.8. The van der Waals surface area contributed by atoms with E-state index in [-0.39, 0.29) is 18.0 Å². The Kier molecular flexibility index (Phi) is 4.43. The van der Waals surface area contributed by atoms with Crippen LogP contribution in [0.4, 0.5) is 0 Å². The standard InChI is InChI=1S/C24H17NO6/c1-13-22-18(26)9-17(16-3-4-19-20(10-16)29-12-28-19)11-21(23(22)14(2)30-13)31-24(27)15-5-7-25-8-6-15/h3-11H,12H2,1-2H3. The van der Waals surface area contributed by atoms with E-state index in [1.165, 1.54) is 18.5 Å². The number of nitrogens with zero attached hydrogens (tertiary/aromatic N) is 1. The van der Waals surface area contributed by atoms with Crippen molar-refractivity contribution in [2.45, 2.75) is 13.8 Å². The van der Waals surface area contributed by atoms with Crippen molar-refractivity contribution in [3.63, 3.8) is 0 Å². The average molecular weight is 415 g/mol. The van der Waals surface area contributed by atoms with E-state index in [1.54, 1.807) is 44.2 Å². The highest BCUT2D eigenvalue weighted by Gasteiger charge is 2.20. The molecule has 7 heteroatoms. The number of hydrogen-bond donors (Lipinski definition) is 0. The molecule has 1 aliphatic heterocycles. The minimum absolute atomic E-state index is 0.150. The van der Waals surface area contributed by atoms with E-state index in [1.807, 2.05) is 6.07 Å². The van der Waals surface area contributed by atoms with E-state index in [0.29, 0.717) is 44.9 Å². The lowest BCUT2D eigenvalue weighted by Crippen LogP contribution is -2.08. The number of ether oxygens (including phenoxy) is 3. The Morgan fingerprint density at radius 1 is 0.903 bits per heavy atom. The van der Waals surface area contributed by atoms with E-state index >= 15 is 0 Å². The highest BCUT2D eigenvalue weighted by Crippen LogP contribution is 2.38. The molecule has 0 radical (unpaired) electrons. The summed E-state index contributed by atoms with van der Waals surface area (Å²) in [5.41, 5.74) is 1.42. The van der Waals surface area contributed by atoms with Gasteiger partial charge in [-0.05, 0) is 61.4 Å². The number of carbonyl (C=O) groups is 1. The quantitative estimate of drug-likeness (QED) is 0.458. The summed E-state index contributed by atoms with van der Waals surface area (Å²) in [6.45, 7) is 3.60. The van der Waals surface area contributed by atoms with Crippen LogP contribution in [0, 0.1) is 13.8 Å². The summed E-state index contributed by atoms with van der Waals surface area (Å²) in [7, 11) is 0. The molecule has 5 rings (SSSR count). The normalized spacial score (nSPS) is 12.2. The van der Waals surface area contributed by atoms with Gasteiger partial charge in [-0.1, -0.05) is 6.07 Å². The summed E-state index contributed by atoms with van der Waals surface area (Å²) < 4.78 is 22.3. The molecular weight excluding hydrogens is 398 g/mol. The molecule has 0 bridgehead atoms. The van der Waals surface area contributed by atoms with Crippen molar-refractivity contribution < 1.29 is 23.4 Å². The number of rotatable bonds is 3. The van der Waals surface area contributed by atoms with Crippen molar-refractivity contribution in [2.24, 2.45) is 0 Å². The third-order valence-corrected chi connectivity index (χ3v) is 5.15. The first-order chi connectivity index (χ1) is 15.0. The zero-order chi connectivity index (χ0) is 21.5. The maximum absolute atomic E-state index is 13.1.